The minimum absolute atomic E-state index is 0.0683. The van der Waals surface area contributed by atoms with Gasteiger partial charge in [-0.1, -0.05) is 4.68 Å². The van der Waals surface area contributed by atoms with Crippen molar-refractivity contribution in [3.05, 3.63) is 16.1 Å². The minimum atomic E-state index is -2.73. The van der Waals surface area contributed by atoms with E-state index < -0.39 is 18.1 Å². The number of halogens is 2. The fraction of sp³-hybridized carbons (Fsp3) is 0.667. The Morgan fingerprint density at radius 3 is 3.08 bits per heavy atom. The van der Waals surface area contributed by atoms with Crippen molar-refractivity contribution < 1.29 is 18.0 Å². The Bertz CT molecular complexity index is 355. The first-order chi connectivity index (χ1) is 5.58. The summed E-state index contributed by atoms with van der Waals surface area (Å²) in [6.45, 7) is -0.492. The minimum Gasteiger partial charge on any atom is -0.283 e. The van der Waals surface area contributed by atoms with E-state index in [9.17, 15) is 13.6 Å². The highest BCUT2D eigenvalue weighted by Crippen LogP contribution is 2.22. The molecule has 1 aromatic rings. The van der Waals surface area contributed by atoms with E-state index in [1.54, 1.807) is 0 Å². The van der Waals surface area contributed by atoms with E-state index in [0.29, 0.717) is 5.69 Å². The van der Waals surface area contributed by atoms with Gasteiger partial charge in [0.2, 0.25) is 6.54 Å². The summed E-state index contributed by atoms with van der Waals surface area (Å²) in [6, 6.07) is 0. The zero-order chi connectivity index (χ0) is 8.77. The average molecular weight is 177 g/mol. The first-order valence-electron chi connectivity index (χ1n) is 3.56. The quantitative estimate of drug-likeness (QED) is 0.559. The van der Waals surface area contributed by atoms with Gasteiger partial charge in [0.15, 0.2) is 0 Å². The summed E-state index contributed by atoms with van der Waals surface area (Å²) in [7, 11) is 0. The molecule has 0 bridgehead atoms. The number of fused-ring (bicyclic) bond motifs is 1. The molecular formula is C6H7F2N2O2+. The molecule has 0 spiro atoms. The summed E-state index contributed by atoms with van der Waals surface area (Å²) in [5.41, 5.74) is -0.258. The maximum absolute atomic E-state index is 12.7. The van der Waals surface area contributed by atoms with E-state index in [0.717, 1.165) is 4.68 Å². The first-order valence-corrected chi connectivity index (χ1v) is 3.56. The SMILES string of the molecule is O=c1o[nH][n+]2c1CCC(F)(F)C2. The monoisotopic (exact) mass is 177 g/mol. The molecule has 12 heavy (non-hydrogen) atoms. The maximum atomic E-state index is 12.7. The predicted octanol–water partition coefficient (Wildman–Crippen LogP) is -0.163. The molecule has 1 aromatic heterocycles. The lowest BCUT2D eigenvalue weighted by Crippen LogP contribution is -2.52. The molecule has 4 nitrogen and oxygen atoms in total. The molecule has 0 aliphatic carbocycles. The summed E-state index contributed by atoms with van der Waals surface area (Å²) >= 11 is 0. The molecule has 0 atom stereocenters. The van der Waals surface area contributed by atoms with E-state index in [2.05, 4.69) is 9.79 Å². The maximum Gasteiger partial charge on any atom is 0.429 e. The van der Waals surface area contributed by atoms with E-state index in [1.807, 2.05) is 0 Å². The van der Waals surface area contributed by atoms with Crippen LogP contribution >= 0.6 is 0 Å². The Balaban J connectivity index is 2.43. The lowest BCUT2D eigenvalue weighted by molar-refractivity contribution is -0.786. The standard InChI is InChI=1S/C6H6F2N2O2/c7-6(8)2-1-4-5(11)12-9-10(4)3-6/h1-3H2/p+1. The van der Waals surface area contributed by atoms with Gasteiger partial charge in [-0.2, -0.15) is 8.78 Å². The average Bonchev–Trinajstić information content (AvgIpc) is 2.30. The fourth-order valence-corrected chi connectivity index (χ4v) is 1.30. The van der Waals surface area contributed by atoms with Gasteiger partial charge in [-0.15, -0.1) is 0 Å². The number of hydrogen-bond acceptors (Lipinski definition) is 2. The van der Waals surface area contributed by atoms with Crippen LogP contribution in [0.4, 0.5) is 8.78 Å². The topological polar surface area (TPSA) is 49.9 Å². The third-order valence-electron chi connectivity index (χ3n) is 1.93. The van der Waals surface area contributed by atoms with Gasteiger partial charge in [0.1, 0.15) is 0 Å². The first kappa shape index (κ1) is 7.45. The van der Waals surface area contributed by atoms with Crippen LogP contribution in [0.3, 0.4) is 0 Å². The van der Waals surface area contributed by atoms with Gasteiger partial charge in [-0.05, 0) is 5.27 Å². The molecule has 0 saturated carbocycles. The molecule has 0 aromatic carbocycles. The highest BCUT2D eigenvalue weighted by Gasteiger charge is 2.43. The Kier molecular flexibility index (Phi) is 1.33. The Morgan fingerprint density at radius 1 is 1.58 bits per heavy atom. The van der Waals surface area contributed by atoms with Crippen molar-refractivity contribution in [3.8, 4) is 0 Å². The van der Waals surface area contributed by atoms with Crippen LogP contribution in [-0.2, 0) is 13.0 Å². The molecule has 0 unspecified atom stereocenters. The second-order valence-corrected chi connectivity index (χ2v) is 2.87. The Hall–Kier alpha value is -1.20. The second kappa shape index (κ2) is 2.15. The van der Waals surface area contributed by atoms with Crippen LogP contribution in [0.15, 0.2) is 9.32 Å². The van der Waals surface area contributed by atoms with E-state index in [-0.39, 0.29) is 12.8 Å². The predicted molar refractivity (Wildman–Crippen MR) is 32.8 cm³/mol. The van der Waals surface area contributed by atoms with Crippen molar-refractivity contribution in [2.24, 2.45) is 0 Å². The number of aromatic nitrogens is 2. The fourth-order valence-electron chi connectivity index (χ4n) is 1.30. The van der Waals surface area contributed by atoms with Crippen LogP contribution in [0.1, 0.15) is 12.1 Å². The summed E-state index contributed by atoms with van der Waals surface area (Å²) in [5, 5.41) is 2.13. The number of nitrogens with zero attached hydrogens (tertiary/aromatic N) is 1. The molecule has 1 aliphatic heterocycles. The van der Waals surface area contributed by atoms with E-state index in [1.165, 1.54) is 0 Å². The van der Waals surface area contributed by atoms with Crippen molar-refractivity contribution >= 4 is 0 Å². The Labute approximate surface area is 65.7 Å². The van der Waals surface area contributed by atoms with Gasteiger partial charge in [-0.3, -0.25) is 4.52 Å². The van der Waals surface area contributed by atoms with Crippen molar-refractivity contribution in [3.63, 3.8) is 0 Å². The number of alkyl halides is 2. The molecule has 2 heterocycles. The van der Waals surface area contributed by atoms with Crippen LogP contribution in [-0.4, -0.2) is 11.2 Å². The molecule has 66 valence electrons. The van der Waals surface area contributed by atoms with E-state index >= 15 is 0 Å². The van der Waals surface area contributed by atoms with Crippen molar-refractivity contribution in [1.29, 1.82) is 0 Å². The number of aromatic amines is 1. The third kappa shape index (κ3) is 1.03. The summed E-state index contributed by atoms with van der Waals surface area (Å²) in [6.07, 6.45) is -0.214. The smallest absolute Gasteiger partial charge is 0.283 e. The lowest BCUT2D eigenvalue weighted by atomic mass is 10.1. The summed E-state index contributed by atoms with van der Waals surface area (Å²) in [5.74, 6) is -2.73. The summed E-state index contributed by atoms with van der Waals surface area (Å²) in [4.78, 5) is 10.8. The number of H-pyrrole nitrogens is 1. The van der Waals surface area contributed by atoms with Crippen LogP contribution in [0.5, 0.6) is 0 Å². The van der Waals surface area contributed by atoms with Gasteiger partial charge in [0, 0.05) is 12.8 Å². The molecule has 0 radical (unpaired) electrons. The second-order valence-electron chi connectivity index (χ2n) is 2.87. The van der Waals surface area contributed by atoms with Crippen molar-refractivity contribution in [2.75, 3.05) is 0 Å². The van der Waals surface area contributed by atoms with Crippen molar-refractivity contribution in [2.45, 2.75) is 25.3 Å². The molecule has 1 aliphatic rings. The van der Waals surface area contributed by atoms with Gasteiger partial charge in [0.05, 0.1) is 0 Å². The van der Waals surface area contributed by atoms with Crippen molar-refractivity contribution in [1.82, 2.24) is 5.27 Å². The highest BCUT2D eigenvalue weighted by atomic mass is 19.3. The van der Waals surface area contributed by atoms with Gasteiger partial charge < -0.3 is 0 Å². The van der Waals surface area contributed by atoms with Crippen LogP contribution in [0.25, 0.3) is 0 Å². The molecule has 0 saturated heterocycles. The number of hydrogen-bond donors (Lipinski definition) is 1. The molecule has 1 N–H and O–H groups in total. The number of rotatable bonds is 0. The lowest BCUT2D eigenvalue weighted by Gasteiger charge is -2.13. The largest absolute Gasteiger partial charge is 0.429 e. The van der Waals surface area contributed by atoms with Crippen LogP contribution < -0.4 is 10.3 Å². The van der Waals surface area contributed by atoms with E-state index in [4.69, 9.17) is 0 Å². The summed E-state index contributed by atoms with van der Waals surface area (Å²) < 4.78 is 30.8. The van der Waals surface area contributed by atoms with Gasteiger partial charge >= 0.3 is 11.5 Å². The molecule has 0 fully saturated rings. The zero-order valence-electron chi connectivity index (χ0n) is 6.14. The van der Waals surface area contributed by atoms with Crippen LogP contribution in [0, 0.1) is 0 Å². The number of nitrogens with one attached hydrogen (secondary N) is 1. The molecule has 2 rings (SSSR count). The highest BCUT2D eigenvalue weighted by molar-refractivity contribution is 4.87. The zero-order valence-corrected chi connectivity index (χ0v) is 6.14. The normalized spacial score (nSPS) is 20.5. The molecule has 0 amide bonds. The molecular weight excluding hydrogens is 170 g/mol. The van der Waals surface area contributed by atoms with Gasteiger partial charge in [0.25, 0.3) is 5.69 Å². The third-order valence-corrected chi connectivity index (χ3v) is 1.93. The molecule has 6 heteroatoms. The Morgan fingerprint density at radius 2 is 2.33 bits per heavy atom. The van der Waals surface area contributed by atoms with Gasteiger partial charge in [-0.25, -0.2) is 4.79 Å². The van der Waals surface area contributed by atoms with Crippen LogP contribution in [0.2, 0.25) is 0 Å².